The van der Waals surface area contributed by atoms with Gasteiger partial charge in [0.25, 0.3) is 0 Å². The second-order valence-electron chi connectivity index (χ2n) is 5.86. The van der Waals surface area contributed by atoms with Crippen molar-refractivity contribution in [2.45, 2.75) is 31.2 Å². The molecule has 0 aromatic carbocycles. The van der Waals surface area contributed by atoms with Crippen molar-refractivity contribution >= 4 is 23.3 Å². The summed E-state index contributed by atoms with van der Waals surface area (Å²) in [7, 11) is 0. The Labute approximate surface area is 150 Å². The van der Waals surface area contributed by atoms with Gasteiger partial charge < -0.3 is 5.32 Å². The lowest BCUT2D eigenvalue weighted by Gasteiger charge is -2.06. The molecule has 0 spiro atoms. The average Bonchev–Trinajstić information content (AvgIpc) is 3.04. The Hall–Kier alpha value is -2.48. The Morgan fingerprint density at radius 2 is 2.12 bits per heavy atom. The van der Waals surface area contributed by atoms with Gasteiger partial charge in [0.1, 0.15) is 5.03 Å². The van der Waals surface area contributed by atoms with Crippen LogP contribution in [0, 0.1) is 0 Å². The normalized spacial score (nSPS) is 11.2. The zero-order valence-corrected chi connectivity index (χ0v) is 15.0. The molecule has 0 saturated carbocycles. The van der Waals surface area contributed by atoms with E-state index in [4.69, 9.17) is 0 Å². The summed E-state index contributed by atoms with van der Waals surface area (Å²) < 4.78 is 1.74. The van der Waals surface area contributed by atoms with Gasteiger partial charge in [-0.05, 0) is 24.3 Å². The van der Waals surface area contributed by atoms with Gasteiger partial charge >= 0.3 is 0 Å². The van der Waals surface area contributed by atoms with Crippen molar-refractivity contribution in [3.63, 3.8) is 0 Å². The predicted molar refractivity (Wildman–Crippen MR) is 96.5 cm³/mol. The highest BCUT2D eigenvalue weighted by atomic mass is 32.2. The number of fused-ring (bicyclic) bond motifs is 1. The van der Waals surface area contributed by atoms with E-state index in [1.165, 1.54) is 11.8 Å². The van der Waals surface area contributed by atoms with Crippen molar-refractivity contribution in [2.24, 2.45) is 0 Å². The lowest BCUT2D eigenvalue weighted by Crippen LogP contribution is -2.27. The molecule has 1 amide bonds. The van der Waals surface area contributed by atoms with Crippen LogP contribution in [-0.4, -0.2) is 43.0 Å². The number of carbonyl (C=O) groups is 1. The van der Waals surface area contributed by atoms with E-state index in [0.717, 1.165) is 23.0 Å². The molecule has 3 heterocycles. The molecule has 3 rings (SSSR count). The summed E-state index contributed by atoms with van der Waals surface area (Å²) in [6.45, 7) is 4.67. The van der Waals surface area contributed by atoms with Gasteiger partial charge in [-0.2, -0.15) is 9.61 Å². The second kappa shape index (κ2) is 8.06. The number of hydrogen-bond acceptors (Lipinski definition) is 6. The highest BCUT2D eigenvalue weighted by molar-refractivity contribution is 7.99. The van der Waals surface area contributed by atoms with Crippen molar-refractivity contribution in [3.8, 4) is 0 Å². The van der Waals surface area contributed by atoms with Crippen LogP contribution in [0.5, 0.6) is 0 Å². The maximum absolute atomic E-state index is 12.0. The molecule has 7 nitrogen and oxygen atoms in total. The third kappa shape index (κ3) is 4.54. The highest BCUT2D eigenvalue weighted by Crippen LogP contribution is 2.18. The van der Waals surface area contributed by atoms with Crippen LogP contribution in [0.1, 0.15) is 31.3 Å². The summed E-state index contributed by atoms with van der Waals surface area (Å²) in [5.74, 6) is 1.35. The first-order chi connectivity index (χ1) is 12.1. The standard InChI is InChI=1S/C17H20N6OS/c1-12(2)17-21-20-14-6-7-16(22-23(14)17)25-11-15(24)19-10-8-13-5-3-4-9-18-13/h3-7,9,12H,8,10-11H2,1-2H3,(H,19,24). The monoisotopic (exact) mass is 356 g/mol. The molecule has 25 heavy (non-hydrogen) atoms. The molecule has 130 valence electrons. The number of nitrogens with one attached hydrogen (secondary N) is 1. The van der Waals surface area contributed by atoms with E-state index in [9.17, 15) is 4.79 Å². The van der Waals surface area contributed by atoms with E-state index in [1.54, 1.807) is 10.7 Å². The number of amides is 1. The van der Waals surface area contributed by atoms with Crippen LogP contribution >= 0.6 is 11.8 Å². The van der Waals surface area contributed by atoms with E-state index in [2.05, 4.69) is 25.6 Å². The van der Waals surface area contributed by atoms with E-state index in [0.29, 0.717) is 17.9 Å². The first-order valence-corrected chi connectivity index (χ1v) is 9.14. The maximum Gasteiger partial charge on any atom is 0.230 e. The summed E-state index contributed by atoms with van der Waals surface area (Å²) in [5, 5.41) is 16.5. The van der Waals surface area contributed by atoms with Crippen LogP contribution in [0.2, 0.25) is 0 Å². The highest BCUT2D eigenvalue weighted by Gasteiger charge is 2.11. The van der Waals surface area contributed by atoms with Crippen LogP contribution in [0.25, 0.3) is 5.65 Å². The van der Waals surface area contributed by atoms with Gasteiger partial charge in [0, 0.05) is 30.8 Å². The van der Waals surface area contributed by atoms with E-state index in [-0.39, 0.29) is 11.8 Å². The number of aromatic nitrogens is 5. The van der Waals surface area contributed by atoms with Crippen LogP contribution in [-0.2, 0) is 11.2 Å². The van der Waals surface area contributed by atoms with Crippen molar-refractivity contribution in [1.82, 2.24) is 30.1 Å². The second-order valence-corrected chi connectivity index (χ2v) is 6.86. The van der Waals surface area contributed by atoms with Crippen molar-refractivity contribution < 1.29 is 4.79 Å². The minimum atomic E-state index is -0.0179. The fraction of sp³-hybridized carbons (Fsp3) is 0.353. The Kier molecular flexibility index (Phi) is 5.60. The molecule has 0 fully saturated rings. The molecule has 0 saturated heterocycles. The Balaban J connectivity index is 1.51. The molecule has 3 aromatic heterocycles. The lowest BCUT2D eigenvalue weighted by atomic mass is 10.2. The molecule has 1 N–H and O–H groups in total. The molecule has 0 atom stereocenters. The fourth-order valence-corrected chi connectivity index (χ4v) is 2.98. The van der Waals surface area contributed by atoms with E-state index >= 15 is 0 Å². The van der Waals surface area contributed by atoms with Gasteiger partial charge in [0.15, 0.2) is 11.5 Å². The summed E-state index contributed by atoms with van der Waals surface area (Å²) in [6, 6.07) is 9.50. The minimum absolute atomic E-state index is 0.0179. The quantitative estimate of drug-likeness (QED) is 0.653. The molecular formula is C17H20N6OS. The average molecular weight is 356 g/mol. The molecule has 0 aliphatic heterocycles. The summed E-state index contributed by atoms with van der Waals surface area (Å²) >= 11 is 1.40. The SMILES string of the molecule is CC(C)c1nnc2ccc(SCC(=O)NCCc3ccccn3)nn12. The molecule has 0 aliphatic rings. The van der Waals surface area contributed by atoms with E-state index in [1.807, 2.05) is 44.2 Å². The molecule has 0 aliphatic carbocycles. The van der Waals surface area contributed by atoms with Gasteiger partial charge in [0.05, 0.1) is 5.75 Å². The zero-order valence-electron chi connectivity index (χ0n) is 14.2. The third-order valence-electron chi connectivity index (χ3n) is 3.56. The van der Waals surface area contributed by atoms with Crippen molar-refractivity contribution in [2.75, 3.05) is 12.3 Å². The first-order valence-electron chi connectivity index (χ1n) is 8.15. The van der Waals surface area contributed by atoms with E-state index < -0.39 is 0 Å². The van der Waals surface area contributed by atoms with Crippen LogP contribution in [0.15, 0.2) is 41.6 Å². The smallest absolute Gasteiger partial charge is 0.230 e. The summed E-state index contributed by atoms with van der Waals surface area (Å²) in [5.41, 5.74) is 1.68. The van der Waals surface area contributed by atoms with Gasteiger partial charge in [-0.3, -0.25) is 9.78 Å². The number of carbonyl (C=O) groups excluding carboxylic acids is 1. The number of thioether (sulfide) groups is 1. The number of nitrogens with zero attached hydrogens (tertiary/aromatic N) is 5. The number of hydrogen-bond donors (Lipinski definition) is 1. The number of pyridine rings is 1. The summed E-state index contributed by atoms with van der Waals surface area (Å²) in [4.78, 5) is 16.2. The molecule has 0 bridgehead atoms. The van der Waals surface area contributed by atoms with Gasteiger partial charge in [0.2, 0.25) is 5.91 Å². The minimum Gasteiger partial charge on any atom is -0.355 e. The maximum atomic E-state index is 12.0. The van der Waals surface area contributed by atoms with Gasteiger partial charge in [-0.1, -0.05) is 31.7 Å². The number of rotatable bonds is 7. The lowest BCUT2D eigenvalue weighted by molar-refractivity contribution is -0.118. The molecule has 3 aromatic rings. The Morgan fingerprint density at radius 1 is 1.24 bits per heavy atom. The van der Waals surface area contributed by atoms with Crippen LogP contribution in [0.3, 0.4) is 0 Å². The summed E-state index contributed by atoms with van der Waals surface area (Å²) in [6.07, 6.45) is 2.48. The fourth-order valence-electron chi connectivity index (χ4n) is 2.29. The Morgan fingerprint density at radius 3 is 2.88 bits per heavy atom. The Bertz CT molecular complexity index is 849. The van der Waals surface area contributed by atoms with Gasteiger partial charge in [-0.15, -0.1) is 10.2 Å². The molecule has 0 radical (unpaired) electrons. The third-order valence-corrected chi connectivity index (χ3v) is 4.48. The van der Waals surface area contributed by atoms with Crippen molar-refractivity contribution in [1.29, 1.82) is 0 Å². The van der Waals surface area contributed by atoms with Crippen LogP contribution in [0.4, 0.5) is 0 Å². The molecule has 0 unspecified atom stereocenters. The zero-order chi connectivity index (χ0) is 17.6. The molecule has 8 heteroatoms. The topological polar surface area (TPSA) is 85.1 Å². The van der Waals surface area contributed by atoms with Crippen LogP contribution < -0.4 is 5.32 Å². The molecular weight excluding hydrogens is 336 g/mol. The van der Waals surface area contributed by atoms with Gasteiger partial charge in [-0.25, -0.2) is 0 Å². The first kappa shape index (κ1) is 17.3. The largest absolute Gasteiger partial charge is 0.355 e. The predicted octanol–water partition coefficient (Wildman–Crippen LogP) is 2.09. The van der Waals surface area contributed by atoms with Crippen molar-refractivity contribution in [3.05, 3.63) is 48.0 Å².